The molecule has 0 spiro atoms. The number of nitro groups is 1. The number of non-ortho nitro benzene ring substituents is 1. The molecule has 0 unspecified atom stereocenters. The summed E-state index contributed by atoms with van der Waals surface area (Å²) in [6.45, 7) is 2.59. The maximum atomic E-state index is 10.7. The fourth-order valence-corrected chi connectivity index (χ4v) is 2.03. The van der Waals surface area contributed by atoms with E-state index in [0.717, 1.165) is 11.1 Å². The molecule has 0 bridgehead atoms. The Morgan fingerprint density at radius 1 is 1.43 bits per heavy atom. The number of rotatable bonds is 5. The van der Waals surface area contributed by atoms with Gasteiger partial charge in [-0.3, -0.25) is 10.1 Å². The molecule has 0 amide bonds. The van der Waals surface area contributed by atoms with Gasteiger partial charge in [0.2, 0.25) is 5.88 Å². The summed E-state index contributed by atoms with van der Waals surface area (Å²) in [5, 5.41) is 13.9. The highest BCUT2D eigenvalue weighted by molar-refractivity contribution is 6.32. The van der Waals surface area contributed by atoms with Crippen LogP contribution in [0.4, 0.5) is 5.69 Å². The molecule has 0 aliphatic carbocycles. The first-order chi connectivity index (χ1) is 10.0. The van der Waals surface area contributed by atoms with Gasteiger partial charge in [-0.2, -0.15) is 0 Å². The van der Waals surface area contributed by atoms with Crippen molar-refractivity contribution in [3.05, 3.63) is 56.7 Å². The first-order valence-corrected chi connectivity index (χ1v) is 6.61. The van der Waals surface area contributed by atoms with Crippen molar-refractivity contribution in [3.63, 3.8) is 0 Å². The number of nitrogens with one attached hydrogen (secondary N) is 1. The van der Waals surface area contributed by atoms with E-state index in [1.807, 2.05) is 20.0 Å². The second kappa shape index (κ2) is 6.51. The highest BCUT2D eigenvalue weighted by Gasteiger charge is 2.12. The van der Waals surface area contributed by atoms with Gasteiger partial charge < -0.3 is 10.1 Å². The predicted octanol–water partition coefficient (Wildman–Crippen LogP) is 3.46. The molecule has 2 aromatic rings. The van der Waals surface area contributed by atoms with Crippen LogP contribution in [0.3, 0.4) is 0 Å². The van der Waals surface area contributed by atoms with Crippen molar-refractivity contribution in [2.24, 2.45) is 0 Å². The molecular weight excluding hydrogens is 294 g/mol. The van der Waals surface area contributed by atoms with Gasteiger partial charge in [-0.1, -0.05) is 11.6 Å². The van der Waals surface area contributed by atoms with Crippen LogP contribution in [0, 0.1) is 17.0 Å². The molecular formula is C14H14ClN3O3. The molecule has 110 valence electrons. The second-order valence-corrected chi connectivity index (χ2v) is 4.88. The van der Waals surface area contributed by atoms with Gasteiger partial charge in [-0.05, 0) is 31.7 Å². The maximum Gasteiger partial charge on any atom is 0.271 e. The predicted molar refractivity (Wildman–Crippen MR) is 79.9 cm³/mol. The van der Waals surface area contributed by atoms with Crippen molar-refractivity contribution in [2.75, 3.05) is 7.05 Å². The van der Waals surface area contributed by atoms with Crippen molar-refractivity contribution in [3.8, 4) is 11.6 Å². The van der Waals surface area contributed by atoms with E-state index in [-0.39, 0.29) is 10.7 Å². The molecule has 0 atom stereocenters. The normalized spacial score (nSPS) is 10.4. The second-order valence-electron chi connectivity index (χ2n) is 4.47. The Morgan fingerprint density at radius 2 is 2.19 bits per heavy atom. The van der Waals surface area contributed by atoms with Crippen LogP contribution in [0.1, 0.15) is 11.1 Å². The number of nitrogens with zero attached hydrogens (tertiary/aromatic N) is 2. The van der Waals surface area contributed by atoms with Crippen LogP contribution >= 0.6 is 11.6 Å². The van der Waals surface area contributed by atoms with Gasteiger partial charge >= 0.3 is 0 Å². The zero-order valence-corrected chi connectivity index (χ0v) is 12.3. The topological polar surface area (TPSA) is 77.3 Å². The van der Waals surface area contributed by atoms with Crippen LogP contribution in [0.25, 0.3) is 0 Å². The molecule has 7 heteroatoms. The average molecular weight is 308 g/mol. The standard InChI is InChI=1S/C14H14ClN3O3/c1-9-5-10(7-16-2)8-17-14(9)21-13-4-3-11(18(19)20)6-12(13)15/h3-6,8,16H,7H2,1-2H3. The number of halogens is 1. The molecule has 1 heterocycles. The van der Waals surface area contributed by atoms with Crippen molar-refractivity contribution < 1.29 is 9.66 Å². The number of hydrogen-bond acceptors (Lipinski definition) is 5. The number of pyridine rings is 1. The number of nitro benzene ring substituents is 1. The molecule has 21 heavy (non-hydrogen) atoms. The van der Waals surface area contributed by atoms with E-state index in [9.17, 15) is 10.1 Å². The molecule has 0 saturated carbocycles. The van der Waals surface area contributed by atoms with Crippen LogP contribution in [0.2, 0.25) is 5.02 Å². The fraction of sp³-hybridized carbons (Fsp3) is 0.214. The van der Waals surface area contributed by atoms with Crippen LogP contribution in [-0.2, 0) is 6.54 Å². The smallest absolute Gasteiger partial charge is 0.271 e. The van der Waals surface area contributed by atoms with Crippen LogP contribution in [0.15, 0.2) is 30.5 Å². The number of aromatic nitrogens is 1. The van der Waals surface area contributed by atoms with Crippen molar-refractivity contribution >= 4 is 17.3 Å². The van der Waals surface area contributed by atoms with Gasteiger partial charge in [0.25, 0.3) is 5.69 Å². The van der Waals surface area contributed by atoms with Gasteiger partial charge in [0.05, 0.1) is 9.95 Å². The number of hydrogen-bond donors (Lipinski definition) is 1. The zero-order valence-electron chi connectivity index (χ0n) is 11.6. The van der Waals surface area contributed by atoms with Crippen LogP contribution < -0.4 is 10.1 Å². The van der Waals surface area contributed by atoms with Crippen molar-refractivity contribution in [2.45, 2.75) is 13.5 Å². The Balaban J connectivity index is 2.24. The molecule has 0 aliphatic rings. The van der Waals surface area contributed by atoms with Gasteiger partial charge in [0, 0.05) is 30.4 Å². The Bertz CT molecular complexity index is 677. The largest absolute Gasteiger partial charge is 0.437 e. The molecule has 0 radical (unpaired) electrons. The molecule has 1 N–H and O–H groups in total. The maximum absolute atomic E-state index is 10.7. The summed E-state index contributed by atoms with van der Waals surface area (Å²) in [7, 11) is 1.86. The molecule has 1 aromatic heterocycles. The molecule has 6 nitrogen and oxygen atoms in total. The monoisotopic (exact) mass is 307 g/mol. The lowest BCUT2D eigenvalue weighted by molar-refractivity contribution is -0.384. The highest BCUT2D eigenvalue weighted by Crippen LogP contribution is 2.32. The van der Waals surface area contributed by atoms with Gasteiger partial charge in [-0.15, -0.1) is 0 Å². The lowest BCUT2D eigenvalue weighted by Gasteiger charge is -2.10. The molecule has 2 rings (SSSR count). The number of ether oxygens (including phenoxy) is 1. The summed E-state index contributed by atoms with van der Waals surface area (Å²) in [6, 6.07) is 6.01. The minimum atomic E-state index is -0.508. The van der Waals surface area contributed by atoms with Crippen LogP contribution in [-0.4, -0.2) is 17.0 Å². The lowest BCUT2D eigenvalue weighted by Crippen LogP contribution is -2.06. The summed E-state index contributed by atoms with van der Waals surface area (Å²) < 4.78 is 5.62. The fourth-order valence-electron chi connectivity index (χ4n) is 1.82. The third-order valence-corrected chi connectivity index (χ3v) is 3.10. The SMILES string of the molecule is CNCc1cnc(Oc2ccc([N+](=O)[O-])cc2Cl)c(C)c1. The summed E-state index contributed by atoms with van der Waals surface area (Å²) in [5.74, 6) is 0.754. The Kier molecular flexibility index (Phi) is 4.72. The summed E-state index contributed by atoms with van der Waals surface area (Å²) in [6.07, 6.45) is 1.71. The van der Waals surface area contributed by atoms with E-state index in [1.165, 1.54) is 18.2 Å². The van der Waals surface area contributed by atoms with E-state index in [0.29, 0.717) is 18.2 Å². The van der Waals surface area contributed by atoms with E-state index >= 15 is 0 Å². The average Bonchev–Trinajstić information content (AvgIpc) is 2.43. The Morgan fingerprint density at radius 3 is 2.76 bits per heavy atom. The van der Waals surface area contributed by atoms with E-state index in [2.05, 4.69) is 10.3 Å². The van der Waals surface area contributed by atoms with E-state index in [1.54, 1.807) is 6.20 Å². The first-order valence-electron chi connectivity index (χ1n) is 6.23. The zero-order chi connectivity index (χ0) is 15.4. The minimum absolute atomic E-state index is 0.0820. The third-order valence-electron chi connectivity index (χ3n) is 2.80. The quantitative estimate of drug-likeness (QED) is 0.676. The lowest BCUT2D eigenvalue weighted by atomic mass is 10.2. The van der Waals surface area contributed by atoms with Crippen molar-refractivity contribution in [1.82, 2.24) is 10.3 Å². The molecule has 0 fully saturated rings. The summed E-state index contributed by atoms with van der Waals surface area (Å²) in [5.41, 5.74) is 1.82. The number of aryl methyl sites for hydroxylation is 1. The van der Waals surface area contributed by atoms with Crippen LogP contribution in [0.5, 0.6) is 11.6 Å². The Hall–Kier alpha value is -2.18. The Labute approximate surface area is 126 Å². The van der Waals surface area contributed by atoms with Gasteiger partial charge in [0.1, 0.15) is 5.75 Å². The minimum Gasteiger partial charge on any atom is -0.437 e. The summed E-state index contributed by atoms with van der Waals surface area (Å²) in [4.78, 5) is 14.4. The van der Waals surface area contributed by atoms with Crippen molar-refractivity contribution in [1.29, 1.82) is 0 Å². The van der Waals surface area contributed by atoms with Gasteiger partial charge in [-0.25, -0.2) is 4.98 Å². The van der Waals surface area contributed by atoms with E-state index < -0.39 is 4.92 Å². The molecule has 0 saturated heterocycles. The first kappa shape index (κ1) is 15.2. The van der Waals surface area contributed by atoms with E-state index in [4.69, 9.17) is 16.3 Å². The highest BCUT2D eigenvalue weighted by atomic mass is 35.5. The third kappa shape index (κ3) is 3.68. The molecule has 0 aliphatic heterocycles. The number of benzene rings is 1. The molecule has 1 aromatic carbocycles. The summed E-state index contributed by atoms with van der Waals surface area (Å²) >= 11 is 5.99. The van der Waals surface area contributed by atoms with Gasteiger partial charge in [0.15, 0.2) is 0 Å².